The van der Waals surface area contributed by atoms with Crippen LogP contribution in [0.15, 0.2) is 10.6 Å². The zero-order valence-corrected chi connectivity index (χ0v) is 16.9. The maximum absolute atomic E-state index is 12.5. The zero-order valence-electron chi connectivity index (χ0n) is 16.9. The van der Waals surface area contributed by atoms with Crippen molar-refractivity contribution < 1.29 is 41.9 Å². The number of morpholine rings is 1. The van der Waals surface area contributed by atoms with Crippen molar-refractivity contribution in [3.8, 4) is 0 Å². The summed E-state index contributed by atoms with van der Waals surface area (Å²) >= 11 is 0. The van der Waals surface area contributed by atoms with E-state index in [1.165, 1.54) is 0 Å². The number of carbonyl (C=O) groups is 3. The molecule has 1 aromatic rings. The predicted octanol–water partition coefficient (Wildman–Crippen LogP) is 0.456. The lowest BCUT2D eigenvalue weighted by atomic mass is 9.90. The van der Waals surface area contributed by atoms with E-state index in [1.54, 1.807) is 18.0 Å². The highest BCUT2D eigenvalue weighted by Crippen LogP contribution is 2.40. The highest BCUT2D eigenvalue weighted by Gasteiger charge is 2.51. The van der Waals surface area contributed by atoms with Gasteiger partial charge in [-0.25, -0.2) is 4.79 Å². The number of alkyl halides is 3. The Morgan fingerprint density at radius 2 is 1.87 bits per heavy atom. The monoisotopic (exact) mass is 448 g/mol. The topological polar surface area (TPSA) is 125 Å². The number of hydrogen-bond donors (Lipinski definition) is 2. The van der Waals surface area contributed by atoms with E-state index in [9.17, 15) is 22.8 Å². The van der Waals surface area contributed by atoms with Crippen molar-refractivity contribution in [2.75, 3.05) is 40.3 Å². The van der Waals surface area contributed by atoms with Crippen LogP contribution in [0, 0.1) is 0 Å². The minimum absolute atomic E-state index is 0.0465. The minimum Gasteiger partial charge on any atom is -0.475 e. The number of amides is 2. The molecule has 1 saturated carbocycles. The normalized spacial score (nSPS) is 22.9. The molecule has 0 bridgehead atoms. The molecule has 0 radical (unpaired) electrons. The summed E-state index contributed by atoms with van der Waals surface area (Å²) in [6.45, 7) is 2.00. The fourth-order valence-electron chi connectivity index (χ4n) is 3.53. The van der Waals surface area contributed by atoms with Gasteiger partial charge in [0.2, 0.25) is 5.91 Å². The summed E-state index contributed by atoms with van der Waals surface area (Å²) in [6.07, 6.45) is -2.86. The molecule has 31 heavy (non-hydrogen) atoms. The number of hydrogen-bond acceptors (Lipinski definition) is 7. The molecule has 10 nitrogen and oxygen atoms in total. The quantitative estimate of drug-likeness (QED) is 0.683. The number of likely N-dealkylation sites (tertiary alicyclic amines) is 1. The number of nitrogens with zero attached hydrogens (tertiary/aromatic N) is 3. The van der Waals surface area contributed by atoms with Crippen molar-refractivity contribution in [2.45, 2.75) is 36.6 Å². The number of rotatable bonds is 3. The van der Waals surface area contributed by atoms with Crippen LogP contribution in [-0.4, -0.2) is 96.0 Å². The molecule has 0 aromatic carbocycles. The predicted molar refractivity (Wildman–Crippen MR) is 97.2 cm³/mol. The third-order valence-corrected chi connectivity index (χ3v) is 5.38. The Kier molecular flexibility index (Phi) is 6.28. The molecule has 2 saturated heterocycles. The molecule has 2 aliphatic heterocycles. The summed E-state index contributed by atoms with van der Waals surface area (Å²) in [4.78, 5) is 36.9. The van der Waals surface area contributed by atoms with Gasteiger partial charge in [-0.1, -0.05) is 5.16 Å². The molecule has 13 heteroatoms. The fraction of sp³-hybridized carbons (Fsp3) is 0.667. The molecule has 2 N–H and O–H groups in total. The lowest BCUT2D eigenvalue weighted by molar-refractivity contribution is -0.192. The molecular weight excluding hydrogens is 425 g/mol. The van der Waals surface area contributed by atoms with Crippen LogP contribution in [0.2, 0.25) is 0 Å². The van der Waals surface area contributed by atoms with Crippen LogP contribution >= 0.6 is 0 Å². The van der Waals surface area contributed by atoms with E-state index in [0.29, 0.717) is 37.9 Å². The van der Waals surface area contributed by atoms with Crippen molar-refractivity contribution in [2.24, 2.45) is 0 Å². The van der Waals surface area contributed by atoms with Crippen LogP contribution < -0.4 is 5.32 Å². The Morgan fingerprint density at radius 3 is 2.35 bits per heavy atom. The number of nitrogens with one attached hydrogen (secondary N) is 1. The Balaban J connectivity index is 0.000000339. The number of aliphatic carboxylic acids is 1. The summed E-state index contributed by atoms with van der Waals surface area (Å²) in [5, 5.41) is 13.7. The Morgan fingerprint density at radius 1 is 1.26 bits per heavy atom. The molecular formula is C18H23F3N4O6. The van der Waals surface area contributed by atoms with Gasteiger partial charge >= 0.3 is 12.1 Å². The second-order valence-corrected chi connectivity index (χ2v) is 7.89. The lowest BCUT2D eigenvalue weighted by Gasteiger charge is -2.54. The van der Waals surface area contributed by atoms with E-state index in [2.05, 4.69) is 10.5 Å². The first-order chi connectivity index (χ1) is 14.5. The van der Waals surface area contributed by atoms with E-state index >= 15 is 0 Å². The average molecular weight is 448 g/mol. The molecule has 3 aliphatic rings. The molecule has 1 aliphatic carbocycles. The first kappa shape index (κ1) is 23.0. The Bertz CT molecular complexity index is 848. The highest BCUT2D eigenvalue weighted by molar-refractivity contribution is 5.93. The van der Waals surface area contributed by atoms with Gasteiger partial charge in [0.25, 0.3) is 5.91 Å². The van der Waals surface area contributed by atoms with Gasteiger partial charge in [-0.15, -0.1) is 0 Å². The van der Waals surface area contributed by atoms with Crippen LogP contribution in [0.3, 0.4) is 0 Å². The molecule has 4 rings (SSSR count). The number of aromatic nitrogens is 1. The van der Waals surface area contributed by atoms with Crippen LogP contribution in [0.1, 0.15) is 35.0 Å². The summed E-state index contributed by atoms with van der Waals surface area (Å²) in [5.74, 6) is -1.66. The molecule has 172 valence electrons. The van der Waals surface area contributed by atoms with Crippen LogP contribution in [-0.2, 0) is 14.3 Å². The standard InChI is InChI=1S/C16H22N4O4.C2HF3O2/c1-17-14(21)12-6-23-16(7-19(12)2)8-20(9-16)15(22)11-5-13(24-18-11)10-3-4-10;3-2(4,5)1(6)7/h5,10,12H,3-4,6-9H2,1-2H3,(H,17,21);(H,6,7). The minimum atomic E-state index is -5.08. The molecule has 1 atom stereocenters. The zero-order chi connectivity index (χ0) is 23.0. The van der Waals surface area contributed by atoms with E-state index in [0.717, 1.165) is 18.6 Å². The number of carboxylic acid groups (broad SMARTS) is 1. The second kappa shape index (κ2) is 8.46. The van der Waals surface area contributed by atoms with Gasteiger partial charge in [0, 0.05) is 25.6 Å². The largest absolute Gasteiger partial charge is 0.490 e. The van der Waals surface area contributed by atoms with E-state index < -0.39 is 12.1 Å². The van der Waals surface area contributed by atoms with Gasteiger partial charge in [-0.3, -0.25) is 14.5 Å². The maximum Gasteiger partial charge on any atom is 0.490 e. The van der Waals surface area contributed by atoms with Crippen molar-refractivity contribution in [1.82, 2.24) is 20.3 Å². The molecule has 1 spiro atoms. The van der Waals surface area contributed by atoms with E-state index in [1.807, 2.05) is 11.9 Å². The molecule has 3 fully saturated rings. The van der Waals surface area contributed by atoms with Gasteiger partial charge in [-0.05, 0) is 19.9 Å². The van der Waals surface area contributed by atoms with Gasteiger partial charge in [-0.2, -0.15) is 13.2 Å². The van der Waals surface area contributed by atoms with Gasteiger partial charge in [0.15, 0.2) is 5.69 Å². The number of halogens is 3. The summed E-state index contributed by atoms with van der Waals surface area (Å²) in [6, 6.07) is 1.49. The summed E-state index contributed by atoms with van der Waals surface area (Å²) in [7, 11) is 3.53. The SMILES string of the molecule is CNC(=O)C1COC2(CN(C(=O)c3cc(C4CC4)on3)C2)CN1C.O=C(O)C(F)(F)F. The van der Waals surface area contributed by atoms with Gasteiger partial charge in [0.05, 0.1) is 19.7 Å². The molecule has 3 heterocycles. The fourth-order valence-corrected chi connectivity index (χ4v) is 3.53. The first-order valence-electron chi connectivity index (χ1n) is 9.57. The molecule has 2 amide bonds. The number of likely N-dealkylation sites (N-methyl/N-ethyl adjacent to an activating group) is 2. The van der Waals surface area contributed by atoms with Crippen molar-refractivity contribution in [3.05, 3.63) is 17.5 Å². The Hall–Kier alpha value is -2.67. The lowest BCUT2D eigenvalue weighted by Crippen LogP contribution is -2.73. The Labute approximate surface area is 175 Å². The summed E-state index contributed by atoms with van der Waals surface area (Å²) in [5.41, 5.74) is -0.00278. The van der Waals surface area contributed by atoms with Crippen LogP contribution in [0.4, 0.5) is 13.2 Å². The van der Waals surface area contributed by atoms with Crippen molar-refractivity contribution in [1.29, 1.82) is 0 Å². The van der Waals surface area contributed by atoms with Gasteiger partial charge in [0.1, 0.15) is 17.4 Å². The first-order valence-corrected chi connectivity index (χ1v) is 9.57. The van der Waals surface area contributed by atoms with Crippen molar-refractivity contribution in [3.63, 3.8) is 0 Å². The number of carbonyl (C=O) groups excluding carboxylic acids is 2. The third kappa shape index (κ3) is 5.15. The van der Waals surface area contributed by atoms with E-state index in [4.69, 9.17) is 19.2 Å². The third-order valence-electron chi connectivity index (χ3n) is 5.38. The maximum atomic E-state index is 12.5. The van der Waals surface area contributed by atoms with Crippen molar-refractivity contribution >= 4 is 17.8 Å². The van der Waals surface area contributed by atoms with Gasteiger partial charge < -0.3 is 24.6 Å². The second-order valence-electron chi connectivity index (χ2n) is 7.89. The van der Waals surface area contributed by atoms with Crippen LogP contribution in [0.25, 0.3) is 0 Å². The van der Waals surface area contributed by atoms with Crippen LogP contribution in [0.5, 0.6) is 0 Å². The smallest absolute Gasteiger partial charge is 0.475 e. The molecule has 1 unspecified atom stereocenters. The number of ether oxygens (including phenoxy) is 1. The number of carboxylic acids is 1. The van der Waals surface area contributed by atoms with E-state index in [-0.39, 0.29) is 23.5 Å². The highest BCUT2D eigenvalue weighted by atomic mass is 19.4. The average Bonchev–Trinajstić information content (AvgIpc) is 3.41. The molecule has 1 aromatic heterocycles. The summed E-state index contributed by atoms with van der Waals surface area (Å²) < 4.78 is 42.9.